The van der Waals surface area contributed by atoms with Crippen LogP contribution in [0.25, 0.3) is 5.69 Å². The predicted octanol–water partition coefficient (Wildman–Crippen LogP) is 3.65. The average Bonchev–Trinajstić information content (AvgIpc) is 3.31. The highest BCUT2D eigenvalue weighted by Gasteiger charge is 2.17. The Balaban J connectivity index is 1.70. The van der Waals surface area contributed by atoms with E-state index in [1.807, 2.05) is 43.5 Å². The van der Waals surface area contributed by atoms with Crippen LogP contribution in [0.2, 0.25) is 0 Å². The molecule has 1 amide bonds. The number of tetrazole rings is 1. The zero-order valence-corrected chi connectivity index (χ0v) is 17.0. The van der Waals surface area contributed by atoms with Gasteiger partial charge in [-0.25, -0.2) is 0 Å². The molecule has 0 saturated carbocycles. The molecule has 3 rings (SSSR count). The fraction of sp³-hybridized carbons (Fsp3) is 0.263. The number of amides is 1. The molecule has 3 aromatic rings. The summed E-state index contributed by atoms with van der Waals surface area (Å²) in [5.74, 6) is 0.299. The van der Waals surface area contributed by atoms with Gasteiger partial charge in [-0.05, 0) is 47.4 Å². The minimum absolute atomic E-state index is 0.0310. The summed E-state index contributed by atoms with van der Waals surface area (Å²) < 4.78 is 1.68. The van der Waals surface area contributed by atoms with Crippen molar-refractivity contribution in [1.82, 2.24) is 25.1 Å². The second-order valence-corrected chi connectivity index (χ2v) is 8.07. The van der Waals surface area contributed by atoms with Crippen molar-refractivity contribution in [2.45, 2.75) is 25.5 Å². The van der Waals surface area contributed by atoms with Gasteiger partial charge in [-0.2, -0.15) is 4.68 Å². The number of hydrogen-bond donors (Lipinski definition) is 0. The van der Waals surface area contributed by atoms with E-state index >= 15 is 0 Å². The highest BCUT2D eigenvalue weighted by atomic mass is 32.2. The van der Waals surface area contributed by atoms with Gasteiger partial charge < -0.3 is 4.90 Å². The third-order valence-corrected chi connectivity index (χ3v) is 5.74. The first-order valence-corrected chi connectivity index (χ1v) is 10.3. The van der Waals surface area contributed by atoms with Gasteiger partial charge in [0.05, 0.1) is 18.0 Å². The van der Waals surface area contributed by atoms with Crippen molar-refractivity contribution in [2.24, 2.45) is 0 Å². The van der Waals surface area contributed by atoms with E-state index in [1.54, 1.807) is 27.0 Å². The second kappa shape index (κ2) is 8.96. The summed E-state index contributed by atoms with van der Waals surface area (Å²) in [4.78, 5) is 15.6. The molecule has 1 aromatic carbocycles. The third-order valence-electron chi connectivity index (χ3n) is 3.98. The number of hydrogen-bond acceptors (Lipinski definition) is 6. The number of carbonyl (C=O) groups excluding carboxylic acids is 1. The fourth-order valence-corrected chi connectivity index (χ4v) is 4.19. The first kappa shape index (κ1) is 19.3. The van der Waals surface area contributed by atoms with Crippen LogP contribution in [0.1, 0.15) is 16.0 Å². The van der Waals surface area contributed by atoms with E-state index in [-0.39, 0.29) is 11.7 Å². The van der Waals surface area contributed by atoms with Gasteiger partial charge in [-0.1, -0.05) is 41.6 Å². The van der Waals surface area contributed by atoms with Crippen molar-refractivity contribution in [3.8, 4) is 5.69 Å². The Bertz CT molecular complexity index is 920. The van der Waals surface area contributed by atoms with Crippen molar-refractivity contribution >= 4 is 29.0 Å². The van der Waals surface area contributed by atoms with Crippen molar-refractivity contribution < 1.29 is 4.79 Å². The molecule has 0 aliphatic heterocycles. The lowest BCUT2D eigenvalue weighted by atomic mass is 10.1. The van der Waals surface area contributed by atoms with Gasteiger partial charge in [0, 0.05) is 11.4 Å². The molecule has 0 N–H and O–H groups in total. The van der Waals surface area contributed by atoms with E-state index in [0.29, 0.717) is 18.2 Å². The molecule has 2 heterocycles. The molecule has 0 unspecified atom stereocenters. The molecule has 140 valence electrons. The molecule has 27 heavy (non-hydrogen) atoms. The fourth-order valence-electron chi connectivity index (χ4n) is 2.68. The molecule has 6 nitrogen and oxygen atoms in total. The van der Waals surface area contributed by atoms with Crippen LogP contribution >= 0.6 is 23.1 Å². The van der Waals surface area contributed by atoms with Crippen molar-refractivity contribution in [3.63, 3.8) is 0 Å². The molecule has 0 atom stereocenters. The van der Waals surface area contributed by atoms with Gasteiger partial charge in [0.25, 0.3) is 0 Å². The van der Waals surface area contributed by atoms with Gasteiger partial charge in [-0.15, -0.1) is 23.0 Å². The smallest absolute Gasteiger partial charge is 0.233 e. The highest BCUT2D eigenvalue weighted by Crippen LogP contribution is 2.22. The molecular weight excluding hydrogens is 378 g/mol. The van der Waals surface area contributed by atoms with E-state index < -0.39 is 0 Å². The summed E-state index contributed by atoms with van der Waals surface area (Å²) in [7, 11) is 0. The van der Waals surface area contributed by atoms with Crippen molar-refractivity contribution in [1.29, 1.82) is 0 Å². The number of nitrogens with zero attached hydrogens (tertiary/aromatic N) is 5. The van der Waals surface area contributed by atoms with E-state index in [0.717, 1.165) is 16.1 Å². The maximum atomic E-state index is 12.7. The van der Waals surface area contributed by atoms with Crippen LogP contribution in [0.15, 0.2) is 53.5 Å². The van der Waals surface area contributed by atoms with E-state index in [1.165, 1.54) is 17.3 Å². The zero-order valence-electron chi connectivity index (χ0n) is 15.3. The number of rotatable bonds is 8. The first-order valence-electron chi connectivity index (χ1n) is 8.48. The lowest BCUT2D eigenvalue weighted by Crippen LogP contribution is -2.31. The lowest BCUT2D eigenvalue weighted by Gasteiger charge is -2.20. The quantitative estimate of drug-likeness (QED) is 0.427. The van der Waals surface area contributed by atoms with Gasteiger partial charge in [-0.3, -0.25) is 4.79 Å². The van der Waals surface area contributed by atoms with E-state index in [2.05, 4.69) is 28.2 Å². The number of thiophene rings is 1. The largest absolute Gasteiger partial charge is 0.333 e. The van der Waals surface area contributed by atoms with Gasteiger partial charge >= 0.3 is 0 Å². The molecule has 0 spiro atoms. The third kappa shape index (κ3) is 4.84. The molecule has 0 fully saturated rings. The molecular formula is C19H21N5OS2. The Labute approximate surface area is 166 Å². The molecule has 0 radical (unpaired) electrons. The summed E-state index contributed by atoms with van der Waals surface area (Å²) in [6, 6.07) is 10.1. The standard InChI is InChI=1S/C19H21N5OS2/c1-4-9-23(12-16-6-5-10-26-16)18(25)13-27-19-20-21-22-24(19)17-8-7-14(2)11-15(17)3/h4-8,10-11H,1,9,12-13H2,2-3H3. The highest BCUT2D eigenvalue weighted by molar-refractivity contribution is 7.99. The Hall–Kier alpha value is -2.45. The van der Waals surface area contributed by atoms with Crippen LogP contribution < -0.4 is 0 Å². The lowest BCUT2D eigenvalue weighted by molar-refractivity contribution is -0.128. The van der Waals surface area contributed by atoms with Crippen LogP contribution in [-0.2, 0) is 11.3 Å². The molecule has 0 bridgehead atoms. The molecule has 2 aromatic heterocycles. The van der Waals surface area contributed by atoms with Gasteiger partial charge in [0.1, 0.15) is 0 Å². The number of aryl methyl sites for hydroxylation is 2. The summed E-state index contributed by atoms with van der Waals surface area (Å²) in [5, 5.41) is 14.6. The van der Waals surface area contributed by atoms with Crippen molar-refractivity contribution in [3.05, 3.63) is 64.4 Å². The summed E-state index contributed by atoms with van der Waals surface area (Å²) >= 11 is 2.98. The summed E-state index contributed by atoms with van der Waals surface area (Å²) in [6.07, 6.45) is 1.75. The number of carbonyl (C=O) groups is 1. The van der Waals surface area contributed by atoms with Crippen molar-refractivity contribution in [2.75, 3.05) is 12.3 Å². The molecule has 0 aliphatic rings. The monoisotopic (exact) mass is 399 g/mol. The van der Waals surface area contributed by atoms with E-state index in [9.17, 15) is 4.79 Å². The Morgan fingerprint density at radius 1 is 1.37 bits per heavy atom. The second-order valence-electron chi connectivity index (χ2n) is 6.09. The maximum Gasteiger partial charge on any atom is 0.233 e. The summed E-state index contributed by atoms with van der Waals surface area (Å²) in [5.41, 5.74) is 3.19. The van der Waals surface area contributed by atoms with Crippen LogP contribution in [0.5, 0.6) is 0 Å². The normalized spacial score (nSPS) is 10.7. The predicted molar refractivity (Wildman–Crippen MR) is 109 cm³/mol. The first-order chi connectivity index (χ1) is 13.1. The minimum Gasteiger partial charge on any atom is -0.333 e. The van der Waals surface area contributed by atoms with Crippen LogP contribution in [0.3, 0.4) is 0 Å². The molecule has 0 saturated heterocycles. The van der Waals surface area contributed by atoms with Gasteiger partial charge in [0.15, 0.2) is 0 Å². The Morgan fingerprint density at radius 3 is 2.93 bits per heavy atom. The van der Waals surface area contributed by atoms with E-state index in [4.69, 9.17) is 0 Å². The molecule has 8 heteroatoms. The average molecular weight is 400 g/mol. The number of aromatic nitrogens is 4. The maximum absolute atomic E-state index is 12.7. The topological polar surface area (TPSA) is 63.9 Å². The zero-order chi connectivity index (χ0) is 19.2. The SMILES string of the molecule is C=CCN(Cc1cccs1)C(=O)CSc1nnnn1-c1ccc(C)cc1C. The number of thioether (sulfide) groups is 1. The van der Waals surface area contributed by atoms with Crippen LogP contribution in [-0.4, -0.2) is 43.3 Å². The molecule has 0 aliphatic carbocycles. The van der Waals surface area contributed by atoms with Gasteiger partial charge in [0.2, 0.25) is 11.1 Å². The summed E-state index contributed by atoms with van der Waals surface area (Å²) in [6.45, 7) is 8.93. The minimum atomic E-state index is 0.0310. The van der Waals surface area contributed by atoms with Crippen LogP contribution in [0.4, 0.5) is 0 Å². The van der Waals surface area contributed by atoms with Crippen LogP contribution in [0, 0.1) is 13.8 Å². The number of benzene rings is 1. The Morgan fingerprint density at radius 2 is 2.22 bits per heavy atom. The Kier molecular flexibility index (Phi) is 6.41.